The Morgan fingerprint density at radius 2 is 1.88 bits per heavy atom. The third-order valence-corrected chi connectivity index (χ3v) is 5.50. The number of hydrogen-bond acceptors (Lipinski definition) is 2. The molecule has 24 heavy (non-hydrogen) atoms. The van der Waals surface area contributed by atoms with Gasteiger partial charge in [0, 0.05) is 5.92 Å². The van der Waals surface area contributed by atoms with Gasteiger partial charge < -0.3 is 10.3 Å². The molecule has 1 heterocycles. The van der Waals surface area contributed by atoms with Gasteiger partial charge in [0.1, 0.15) is 5.82 Å². The van der Waals surface area contributed by atoms with Gasteiger partial charge >= 0.3 is 0 Å². The van der Waals surface area contributed by atoms with Gasteiger partial charge in [0.2, 0.25) is 5.91 Å². The molecule has 2 aromatic rings. The summed E-state index contributed by atoms with van der Waals surface area (Å²) in [7, 11) is 0. The Hall–Kier alpha value is -1.84. The summed E-state index contributed by atoms with van der Waals surface area (Å²) in [4.78, 5) is 20.5. The van der Waals surface area contributed by atoms with Crippen LogP contribution in [0.3, 0.4) is 0 Å². The first-order chi connectivity index (χ1) is 11.3. The zero-order valence-electron chi connectivity index (χ0n) is 15.2. The molecule has 0 radical (unpaired) electrons. The van der Waals surface area contributed by atoms with Crippen LogP contribution in [-0.2, 0) is 4.79 Å². The second-order valence-electron chi connectivity index (χ2n) is 8.28. The van der Waals surface area contributed by atoms with Gasteiger partial charge in [-0.25, -0.2) is 4.98 Å². The van der Waals surface area contributed by atoms with Gasteiger partial charge in [-0.3, -0.25) is 4.79 Å². The Morgan fingerprint density at radius 3 is 2.50 bits per heavy atom. The van der Waals surface area contributed by atoms with E-state index in [0.29, 0.717) is 5.41 Å². The maximum Gasteiger partial charge on any atom is 0.223 e. The van der Waals surface area contributed by atoms with E-state index in [-0.39, 0.29) is 17.9 Å². The van der Waals surface area contributed by atoms with E-state index in [1.165, 1.54) is 0 Å². The number of imidazole rings is 1. The van der Waals surface area contributed by atoms with Crippen LogP contribution in [0.15, 0.2) is 24.3 Å². The first-order valence-electron chi connectivity index (χ1n) is 9.09. The minimum Gasteiger partial charge on any atom is -0.346 e. The van der Waals surface area contributed by atoms with Crippen LogP contribution in [0.1, 0.15) is 65.2 Å². The summed E-state index contributed by atoms with van der Waals surface area (Å²) >= 11 is 0. The molecule has 1 aromatic heterocycles. The van der Waals surface area contributed by atoms with E-state index >= 15 is 0 Å². The molecule has 1 aliphatic carbocycles. The summed E-state index contributed by atoms with van der Waals surface area (Å²) in [6.07, 6.45) is 4.31. The number of amides is 1. The van der Waals surface area contributed by atoms with Crippen molar-refractivity contribution in [1.82, 2.24) is 15.3 Å². The number of para-hydroxylation sites is 2. The molecule has 130 valence electrons. The largest absolute Gasteiger partial charge is 0.346 e. The predicted octanol–water partition coefficient (Wildman–Crippen LogP) is 4.59. The topological polar surface area (TPSA) is 57.8 Å². The zero-order chi connectivity index (χ0) is 17.3. The number of nitrogens with zero attached hydrogens (tertiary/aromatic N) is 1. The van der Waals surface area contributed by atoms with E-state index in [1.54, 1.807) is 0 Å². The zero-order valence-corrected chi connectivity index (χ0v) is 15.2. The van der Waals surface area contributed by atoms with Crippen molar-refractivity contribution in [3.05, 3.63) is 30.1 Å². The van der Waals surface area contributed by atoms with Gasteiger partial charge in [0.05, 0.1) is 17.1 Å². The molecule has 0 spiro atoms. The Balaban J connectivity index is 1.58. The Bertz CT molecular complexity index is 672. The lowest BCUT2D eigenvalue weighted by Gasteiger charge is -2.36. The van der Waals surface area contributed by atoms with Gasteiger partial charge in [-0.2, -0.15) is 0 Å². The molecule has 1 aromatic carbocycles. The minimum absolute atomic E-state index is 0.0924. The highest BCUT2D eigenvalue weighted by molar-refractivity contribution is 5.79. The third-order valence-electron chi connectivity index (χ3n) is 5.50. The smallest absolute Gasteiger partial charge is 0.223 e. The minimum atomic E-state index is -0.0924. The van der Waals surface area contributed by atoms with Crippen molar-refractivity contribution in [2.24, 2.45) is 17.3 Å². The molecule has 0 aliphatic heterocycles. The quantitative estimate of drug-likeness (QED) is 0.866. The summed E-state index contributed by atoms with van der Waals surface area (Å²) < 4.78 is 0. The predicted molar refractivity (Wildman–Crippen MR) is 97.6 cm³/mol. The molecule has 4 heteroatoms. The van der Waals surface area contributed by atoms with Gasteiger partial charge in [0.25, 0.3) is 0 Å². The number of hydrogen-bond donors (Lipinski definition) is 2. The number of nitrogens with one attached hydrogen (secondary N) is 2. The fraction of sp³-hybridized carbons (Fsp3) is 0.600. The number of rotatable bonds is 3. The average Bonchev–Trinajstić information content (AvgIpc) is 2.98. The molecule has 1 aliphatic rings. The number of aromatic nitrogens is 2. The second-order valence-corrected chi connectivity index (χ2v) is 8.28. The van der Waals surface area contributed by atoms with Gasteiger partial charge in [-0.1, -0.05) is 32.9 Å². The van der Waals surface area contributed by atoms with Crippen molar-refractivity contribution in [3.8, 4) is 0 Å². The van der Waals surface area contributed by atoms with Crippen molar-refractivity contribution in [3.63, 3.8) is 0 Å². The lowest BCUT2D eigenvalue weighted by molar-refractivity contribution is -0.127. The molecular weight excluding hydrogens is 298 g/mol. The van der Waals surface area contributed by atoms with Crippen molar-refractivity contribution in [2.75, 3.05) is 0 Å². The number of benzene rings is 1. The molecule has 2 N–H and O–H groups in total. The molecule has 0 unspecified atom stereocenters. The second kappa shape index (κ2) is 6.58. The molecule has 1 fully saturated rings. The molecular formula is C20H29N3O. The van der Waals surface area contributed by atoms with Crippen LogP contribution >= 0.6 is 0 Å². The van der Waals surface area contributed by atoms with Crippen LogP contribution in [0.5, 0.6) is 0 Å². The molecule has 0 bridgehead atoms. The molecule has 1 saturated carbocycles. The Morgan fingerprint density at radius 1 is 1.21 bits per heavy atom. The van der Waals surface area contributed by atoms with Gasteiger partial charge in [-0.05, 0) is 56.1 Å². The van der Waals surface area contributed by atoms with Crippen LogP contribution in [0.4, 0.5) is 0 Å². The molecule has 1 atom stereocenters. The van der Waals surface area contributed by atoms with E-state index in [1.807, 2.05) is 31.2 Å². The fourth-order valence-electron chi connectivity index (χ4n) is 3.80. The third kappa shape index (κ3) is 3.63. The fourth-order valence-corrected chi connectivity index (χ4v) is 3.80. The summed E-state index contributed by atoms with van der Waals surface area (Å²) in [6.45, 7) is 8.92. The van der Waals surface area contributed by atoms with Crippen LogP contribution in [0.2, 0.25) is 0 Å². The van der Waals surface area contributed by atoms with Crippen LogP contribution in [0, 0.1) is 17.3 Å². The van der Waals surface area contributed by atoms with Crippen molar-refractivity contribution in [2.45, 2.75) is 59.4 Å². The Labute approximate surface area is 144 Å². The number of H-pyrrole nitrogens is 1. The van der Waals surface area contributed by atoms with Gasteiger partial charge in [-0.15, -0.1) is 0 Å². The highest BCUT2D eigenvalue weighted by Crippen LogP contribution is 2.39. The number of aromatic amines is 1. The molecule has 4 nitrogen and oxygen atoms in total. The van der Waals surface area contributed by atoms with E-state index in [9.17, 15) is 4.79 Å². The first kappa shape index (κ1) is 17.0. The number of fused-ring (bicyclic) bond motifs is 1. The highest BCUT2D eigenvalue weighted by atomic mass is 16.1. The monoisotopic (exact) mass is 327 g/mol. The molecule has 1 amide bonds. The van der Waals surface area contributed by atoms with E-state index < -0.39 is 0 Å². The maximum atomic E-state index is 12.6. The van der Waals surface area contributed by atoms with Crippen molar-refractivity contribution < 1.29 is 4.79 Å². The van der Waals surface area contributed by atoms with E-state index in [4.69, 9.17) is 0 Å². The average molecular weight is 327 g/mol. The standard InChI is InChI=1S/C20H29N3O/c1-13(18-22-16-7-5-6-8-17(16)23-18)21-19(24)14-9-11-15(12-10-14)20(2,3)4/h5-8,13-15H,9-12H2,1-4H3,(H,21,24)(H,22,23)/t13-,14?,15?/m1/s1. The molecule has 3 rings (SSSR count). The van der Waals surface area contributed by atoms with Crippen LogP contribution in [0.25, 0.3) is 11.0 Å². The lowest BCUT2D eigenvalue weighted by atomic mass is 9.69. The number of carbonyl (C=O) groups is 1. The Kier molecular flexibility index (Phi) is 4.66. The summed E-state index contributed by atoms with van der Waals surface area (Å²) in [6, 6.07) is 7.86. The van der Waals surface area contributed by atoms with E-state index in [0.717, 1.165) is 48.5 Å². The van der Waals surface area contributed by atoms with Crippen LogP contribution < -0.4 is 5.32 Å². The van der Waals surface area contributed by atoms with E-state index in [2.05, 4.69) is 36.1 Å². The van der Waals surface area contributed by atoms with Crippen molar-refractivity contribution >= 4 is 16.9 Å². The summed E-state index contributed by atoms with van der Waals surface area (Å²) in [5.74, 6) is 1.88. The summed E-state index contributed by atoms with van der Waals surface area (Å²) in [5.41, 5.74) is 2.31. The number of carbonyl (C=O) groups excluding carboxylic acids is 1. The highest BCUT2D eigenvalue weighted by Gasteiger charge is 2.32. The molecule has 0 saturated heterocycles. The maximum absolute atomic E-state index is 12.6. The SMILES string of the molecule is C[C@@H](NC(=O)C1CCC(C(C)(C)C)CC1)c1nc2ccccc2[nH]1. The van der Waals surface area contributed by atoms with Crippen LogP contribution in [-0.4, -0.2) is 15.9 Å². The summed E-state index contributed by atoms with van der Waals surface area (Å²) in [5, 5.41) is 3.15. The lowest BCUT2D eigenvalue weighted by Crippen LogP contribution is -2.36. The normalized spacial score (nSPS) is 23.2. The first-order valence-corrected chi connectivity index (χ1v) is 9.09. The van der Waals surface area contributed by atoms with Crippen molar-refractivity contribution in [1.29, 1.82) is 0 Å². The van der Waals surface area contributed by atoms with Gasteiger partial charge in [0.15, 0.2) is 0 Å².